The van der Waals surface area contributed by atoms with Crippen LogP contribution in [0.4, 0.5) is 0 Å². The molecule has 1 heterocycles. The van der Waals surface area contributed by atoms with E-state index in [9.17, 15) is 0 Å². The molecule has 0 saturated carbocycles. The highest BCUT2D eigenvalue weighted by Gasteiger charge is 2.34. The summed E-state index contributed by atoms with van der Waals surface area (Å²) in [6.45, 7) is 4.57. The molecular formula is C12H16ClN. The first kappa shape index (κ1) is 10.0. The van der Waals surface area contributed by atoms with Gasteiger partial charge in [0.1, 0.15) is 0 Å². The third kappa shape index (κ3) is 1.94. The lowest BCUT2D eigenvalue weighted by molar-refractivity contribution is 0.160. The summed E-state index contributed by atoms with van der Waals surface area (Å²) in [4.78, 5) is 0. The van der Waals surface area contributed by atoms with Gasteiger partial charge in [0.05, 0.1) is 0 Å². The molecule has 0 aromatic heterocycles. The molecule has 0 unspecified atom stereocenters. The molecule has 14 heavy (non-hydrogen) atoms. The van der Waals surface area contributed by atoms with Crippen molar-refractivity contribution in [2.24, 2.45) is 5.41 Å². The van der Waals surface area contributed by atoms with Gasteiger partial charge in [0.2, 0.25) is 0 Å². The molecule has 2 rings (SSSR count). The first-order valence-electron chi connectivity index (χ1n) is 5.19. The number of hydrogen-bond acceptors (Lipinski definition) is 1. The highest BCUT2D eigenvalue weighted by atomic mass is 35.5. The van der Waals surface area contributed by atoms with Crippen LogP contribution in [0.15, 0.2) is 24.3 Å². The molecule has 1 nitrogen and oxygen atoms in total. The highest BCUT2D eigenvalue weighted by molar-refractivity contribution is 6.30. The van der Waals surface area contributed by atoms with Crippen LogP contribution >= 0.6 is 11.6 Å². The van der Waals surface area contributed by atoms with Crippen LogP contribution in [0.3, 0.4) is 0 Å². The number of rotatable bonds is 3. The predicted octanol–water partition coefficient (Wildman–Crippen LogP) is 2.88. The van der Waals surface area contributed by atoms with E-state index in [1.807, 2.05) is 12.1 Å². The Morgan fingerprint density at radius 2 is 2.21 bits per heavy atom. The van der Waals surface area contributed by atoms with E-state index in [1.54, 1.807) is 0 Å². The molecule has 0 atom stereocenters. The van der Waals surface area contributed by atoms with Crippen molar-refractivity contribution >= 4 is 11.6 Å². The second kappa shape index (κ2) is 3.92. The fourth-order valence-electron chi connectivity index (χ4n) is 2.06. The maximum Gasteiger partial charge on any atom is 0.0408 e. The van der Waals surface area contributed by atoms with Crippen molar-refractivity contribution in [1.29, 1.82) is 0 Å². The quantitative estimate of drug-likeness (QED) is 0.808. The largest absolute Gasteiger partial charge is 0.316 e. The molecule has 1 aromatic carbocycles. The minimum atomic E-state index is 0.491. The molecule has 0 aliphatic carbocycles. The molecule has 1 aliphatic rings. The van der Waals surface area contributed by atoms with E-state index in [-0.39, 0.29) is 0 Å². The van der Waals surface area contributed by atoms with Gasteiger partial charge in [0.25, 0.3) is 0 Å². The Morgan fingerprint density at radius 3 is 2.71 bits per heavy atom. The molecule has 0 amide bonds. The molecule has 1 saturated heterocycles. The molecule has 76 valence electrons. The van der Waals surface area contributed by atoms with Crippen molar-refractivity contribution in [2.75, 3.05) is 13.1 Å². The minimum Gasteiger partial charge on any atom is -0.316 e. The molecule has 0 radical (unpaired) electrons. The van der Waals surface area contributed by atoms with Crippen LogP contribution in [-0.4, -0.2) is 13.1 Å². The molecule has 1 N–H and O–H groups in total. The lowest BCUT2D eigenvalue weighted by Gasteiger charge is -2.42. The molecular weight excluding hydrogens is 194 g/mol. The van der Waals surface area contributed by atoms with E-state index >= 15 is 0 Å². The minimum absolute atomic E-state index is 0.491. The van der Waals surface area contributed by atoms with E-state index in [4.69, 9.17) is 11.6 Å². The average molecular weight is 210 g/mol. The summed E-state index contributed by atoms with van der Waals surface area (Å²) in [6.07, 6.45) is 2.39. The van der Waals surface area contributed by atoms with Crippen molar-refractivity contribution in [1.82, 2.24) is 5.32 Å². The first-order chi connectivity index (χ1) is 6.74. The van der Waals surface area contributed by atoms with E-state index in [0.717, 1.165) is 24.5 Å². The van der Waals surface area contributed by atoms with E-state index in [0.29, 0.717) is 5.41 Å². The Hall–Kier alpha value is -0.530. The average Bonchev–Trinajstić information content (AvgIpc) is 2.11. The zero-order valence-electron chi connectivity index (χ0n) is 8.52. The lowest BCUT2D eigenvalue weighted by Crippen LogP contribution is -2.54. The monoisotopic (exact) mass is 209 g/mol. The summed E-state index contributed by atoms with van der Waals surface area (Å²) in [6, 6.07) is 8.22. The van der Waals surface area contributed by atoms with Gasteiger partial charge in [-0.15, -0.1) is 0 Å². The SMILES string of the molecule is CCC1(Cc2cccc(Cl)c2)CNC1. The molecule has 1 aliphatic heterocycles. The van der Waals surface area contributed by atoms with Gasteiger partial charge < -0.3 is 5.32 Å². The summed E-state index contributed by atoms with van der Waals surface area (Å²) < 4.78 is 0. The molecule has 2 heteroatoms. The number of hydrogen-bond donors (Lipinski definition) is 1. The Morgan fingerprint density at radius 1 is 1.43 bits per heavy atom. The van der Waals surface area contributed by atoms with Gasteiger partial charge in [0, 0.05) is 18.1 Å². The van der Waals surface area contributed by atoms with Gasteiger partial charge in [-0.2, -0.15) is 0 Å². The zero-order valence-corrected chi connectivity index (χ0v) is 9.27. The van der Waals surface area contributed by atoms with Gasteiger partial charge >= 0.3 is 0 Å². The Balaban J connectivity index is 2.09. The number of halogens is 1. The maximum absolute atomic E-state index is 5.96. The standard InChI is InChI=1S/C12H16ClN/c1-2-12(8-14-9-12)7-10-4-3-5-11(13)6-10/h3-6,14H,2,7-9H2,1H3. The van der Waals surface area contributed by atoms with Crippen LogP contribution in [0.2, 0.25) is 5.02 Å². The van der Waals surface area contributed by atoms with Crippen LogP contribution < -0.4 is 5.32 Å². The van der Waals surface area contributed by atoms with Crippen LogP contribution in [0.25, 0.3) is 0 Å². The van der Waals surface area contributed by atoms with Crippen molar-refractivity contribution in [3.63, 3.8) is 0 Å². The van der Waals surface area contributed by atoms with Crippen LogP contribution in [-0.2, 0) is 6.42 Å². The number of benzene rings is 1. The molecule has 0 spiro atoms. The van der Waals surface area contributed by atoms with E-state index in [1.165, 1.54) is 12.0 Å². The third-order valence-electron chi connectivity index (χ3n) is 3.22. The maximum atomic E-state index is 5.96. The van der Waals surface area contributed by atoms with Gasteiger partial charge in [-0.05, 0) is 36.0 Å². The summed E-state index contributed by atoms with van der Waals surface area (Å²) in [7, 11) is 0. The molecule has 0 bridgehead atoms. The fraction of sp³-hybridized carbons (Fsp3) is 0.500. The summed E-state index contributed by atoms with van der Waals surface area (Å²) in [5.41, 5.74) is 1.85. The van der Waals surface area contributed by atoms with Crippen molar-refractivity contribution in [2.45, 2.75) is 19.8 Å². The smallest absolute Gasteiger partial charge is 0.0408 e. The first-order valence-corrected chi connectivity index (χ1v) is 5.57. The fourth-order valence-corrected chi connectivity index (χ4v) is 2.27. The lowest BCUT2D eigenvalue weighted by atomic mass is 9.74. The summed E-state index contributed by atoms with van der Waals surface area (Å²) in [5.74, 6) is 0. The van der Waals surface area contributed by atoms with Crippen LogP contribution in [0.5, 0.6) is 0 Å². The van der Waals surface area contributed by atoms with Crippen LogP contribution in [0.1, 0.15) is 18.9 Å². The van der Waals surface area contributed by atoms with Gasteiger partial charge in [-0.25, -0.2) is 0 Å². The van der Waals surface area contributed by atoms with Crippen LogP contribution in [0, 0.1) is 5.41 Å². The van der Waals surface area contributed by atoms with Crippen molar-refractivity contribution in [3.05, 3.63) is 34.9 Å². The summed E-state index contributed by atoms with van der Waals surface area (Å²) >= 11 is 5.96. The predicted molar refractivity (Wildman–Crippen MR) is 60.7 cm³/mol. The number of nitrogens with one attached hydrogen (secondary N) is 1. The van der Waals surface area contributed by atoms with Crippen molar-refractivity contribution in [3.8, 4) is 0 Å². The summed E-state index contributed by atoms with van der Waals surface area (Å²) in [5, 5.41) is 4.20. The zero-order chi connectivity index (χ0) is 10.0. The Bertz CT molecular complexity index is 312. The third-order valence-corrected chi connectivity index (χ3v) is 3.45. The van der Waals surface area contributed by atoms with Gasteiger partial charge in [-0.1, -0.05) is 30.7 Å². The van der Waals surface area contributed by atoms with E-state index < -0.39 is 0 Å². The highest BCUT2D eigenvalue weighted by Crippen LogP contribution is 2.31. The normalized spacial score (nSPS) is 19.0. The topological polar surface area (TPSA) is 12.0 Å². The van der Waals surface area contributed by atoms with E-state index in [2.05, 4.69) is 24.4 Å². The van der Waals surface area contributed by atoms with Crippen molar-refractivity contribution < 1.29 is 0 Å². The second-order valence-electron chi connectivity index (χ2n) is 4.26. The molecule has 1 fully saturated rings. The second-order valence-corrected chi connectivity index (χ2v) is 4.70. The van der Waals surface area contributed by atoms with Gasteiger partial charge in [-0.3, -0.25) is 0 Å². The Labute approximate surface area is 90.5 Å². The van der Waals surface area contributed by atoms with Gasteiger partial charge in [0.15, 0.2) is 0 Å². The Kier molecular flexibility index (Phi) is 2.80. The molecule has 1 aromatic rings.